The summed E-state index contributed by atoms with van der Waals surface area (Å²) in [7, 11) is 0. The molecule has 6 nitrogen and oxygen atoms in total. The Balaban J connectivity index is 1.73. The van der Waals surface area contributed by atoms with Crippen molar-refractivity contribution in [2.75, 3.05) is 6.54 Å². The van der Waals surface area contributed by atoms with Crippen molar-refractivity contribution in [2.24, 2.45) is 0 Å². The number of carbonyl (C=O) groups is 1. The second kappa shape index (κ2) is 8.14. The highest BCUT2D eigenvalue weighted by molar-refractivity contribution is 7.98. The Labute approximate surface area is 144 Å². The van der Waals surface area contributed by atoms with E-state index in [1.165, 1.54) is 23.9 Å². The summed E-state index contributed by atoms with van der Waals surface area (Å²) in [6.07, 6.45) is -0.0588. The molecule has 0 fully saturated rings. The van der Waals surface area contributed by atoms with Crippen LogP contribution in [0.1, 0.15) is 32.2 Å². The Morgan fingerprint density at radius 2 is 2.00 bits per heavy atom. The van der Waals surface area contributed by atoms with Gasteiger partial charge in [-0.2, -0.15) is 0 Å². The Morgan fingerprint density at radius 3 is 2.67 bits per heavy atom. The number of benzene rings is 1. The molecule has 0 aliphatic heterocycles. The smallest absolute Gasteiger partial charge is 0.407 e. The zero-order chi connectivity index (χ0) is 17.6. The second-order valence-electron chi connectivity index (χ2n) is 6.06. The van der Waals surface area contributed by atoms with Gasteiger partial charge in [-0.15, -0.1) is 10.2 Å². The number of hydrogen-bond acceptors (Lipinski definition) is 6. The molecular formula is C16H20FN3O3S. The summed E-state index contributed by atoms with van der Waals surface area (Å²) in [6.45, 7) is 5.75. The number of nitrogens with one attached hydrogen (secondary N) is 1. The number of ether oxygens (including phenoxy) is 1. The van der Waals surface area contributed by atoms with Gasteiger partial charge < -0.3 is 14.5 Å². The number of rotatable bonds is 6. The van der Waals surface area contributed by atoms with Gasteiger partial charge in [-0.1, -0.05) is 23.9 Å². The van der Waals surface area contributed by atoms with Crippen LogP contribution < -0.4 is 5.32 Å². The van der Waals surface area contributed by atoms with E-state index >= 15 is 0 Å². The van der Waals surface area contributed by atoms with Crippen molar-refractivity contribution >= 4 is 17.9 Å². The van der Waals surface area contributed by atoms with Crippen LogP contribution in [0.3, 0.4) is 0 Å². The van der Waals surface area contributed by atoms with Crippen molar-refractivity contribution in [1.29, 1.82) is 0 Å². The van der Waals surface area contributed by atoms with Gasteiger partial charge in [0.2, 0.25) is 5.89 Å². The van der Waals surface area contributed by atoms with Gasteiger partial charge in [-0.25, -0.2) is 9.18 Å². The quantitative estimate of drug-likeness (QED) is 0.800. The van der Waals surface area contributed by atoms with Gasteiger partial charge in [0.05, 0.1) is 0 Å². The summed E-state index contributed by atoms with van der Waals surface area (Å²) < 4.78 is 23.4. The van der Waals surface area contributed by atoms with Crippen LogP contribution in [0.5, 0.6) is 0 Å². The van der Waals surface area contributed by atoms with E-state index in [1.807, 2.05) is 0 Å². The number of halogens is 1. The maximum Gasteiger partial charge on any atom is 0.407 e. The number of alkyl carbamates (subject to hydrolysis) is 1. The summed E-state index contributed by atoms with van der Waals surface area (Å²) in [5, 5.41) is 10.9. The molecule has 2 rings (SSSR count). The third-order valence-electron chi connectivity index (χ3n) is 2.73. The van der Waals surface area contributed by atoms with Crippen molar-refractivity contribution in [2.45, 2.75) is 43.8 Å². The lowest BCUT2D eigenvalue weighted by molar-refractivity contribution is 0.0528. The highest BCUT2D eigenvalue weighted by Gasteiger charge is 2.16. The van der Waals surface area contributed by atoms with Gasteiger partial charge in [-0.05, 0) is 38.5 Å². The molecule has 1 amide bonds. The minimum atomic E-state index is -0.529. The molecule has 1 aromatic carbocycles. The molecule has 130 valence electrons. The van der Waals surface area contributed by atoms with Crippen molar-refractivity contribution in [3.8, 4) is 0 Å². The van der Waals surface area contributed by atoms with Gasteiger partial charge in [0.15, 0.2) is 0 Å². The summed E-state index contributed by atoms with van der Waals surface area (Å²) in [4.78, 5) is 11.5. The Bertz CT molecular complexity index is 668. The summed E-state index contributed by atoms with van der Waals surface area (Å²) >= 11 is 1.37. The van der Waals surface area contributed by atoms with Crippen LogP contribution in [0, 0.1) is 5.82 Å². The van der Waals surface area contributed by atoms with Gasteiger partial charge in [-0.3, -0.25) is 0 Å². The molecule has 0 saturated heterocycles. The number of aromatic nitrogens is 2. The molecule has 1 N–H and O–H groups in total. The van der Waals surface area contributed by atoms with Crippen molar-refractivity contribution in [3.63, 3.8) is 0 Å². The van der Waals surface area contributed by atoms with E-state index in [1.54, 1.807) is 32.9 Å². The summed E-state index contributed by atoms with van der Waals surface area (Å²) in [6, 6.07) is 6.25. The lowest BCUT2D eigenvalue weighted by Crippen LogP contribution is -2.33. The molecule has 2 aromatic rings. The van der Waals surface area contributed by atoms with Crippen molar-refractivity contribution in [3.05, 3.63) is 41.5 Å². The summed E-state index contributed by atoms with van der Waals surface area (Å²) in [5.74, 6) is 0.784. The van der Waals surface area contributed by atoms with E-state index in [-0.39, 0.29) is 5.82 Å². The van der Waals surface area contributed by atoms with Gasteiger partial charge in [0, 0.05) is 18.7 Å². The zero-order valence-corrected chi connectivity index (χ0v) is 14.7. The minimum absolute atomic E-state index is 0.263. The third-order valence-corrected chi connectivity index (χ3v) is 3.62. The molecule has 1 aromatic heterocycles. The predicted octanol–water partition coefficient (Wildman–Crippen LogP) is 3.57. The third kappa shape index (κ3) is 6.57. The van der Waals surface area contributed by atoms with Crippen LogP contribution in [-0.4, -0.2) is 28.4 Å². The molecule has 0 bridgehead atoms. The lowest BCUT2D eigenvalue weighted by Gasteiger charge is -2.19. The number of nitrogens with zero attached hydrogens (tertiary/aromatic N) is 2. The zero-order valence-electron chi connectivity index (χ0n) is 13.8. The Kier molecular flexibility index (Phi) is 6.19. The molecule has 1 heterocycles. The first-order valence-corrected chi connectivity index (χ1v) is 8.47. The SMILES string of the molecule is CC(C)(C)OC(=O)NCCc1nnc(SCc2ccc(F)cc2)o1. The van der Waals surface area contributed by atoms with Crippen LogP contribution in [0.25, 0.3) is 0 Å². The number of hydrogen-bond donors (Lipinski definition) is 1. The van der Waals surface area contributed by atoms with E-state index in [0.717, 1.165) is 5.56 Å². The summed E-state index contributed by atoms with van der Waals surface area (Å²) in [5.41, 5.74) is 0.436. The monoisotopic (exact) mass is 353 g/mol. The highest BCUT2D eigenvalue weighted by Crippen LogP contribution is 2.21. The molecule has 0 radical (unpaired) electrons. The molecule has 0 saturated carbocycles. The minimum Gasteiger partial charge on any atom is -0.444 e. The lowest BCUT2D eigenvalue weighted by atomic mass is 10.2. The first-order chi connectivity index (χ1) is 11.3. The standard InChI is InChI=1S/C16H20FN3O3S/c1-16(2,3)23-14(21)18-9-8-13-19-20-15(22-13)24-10-11-4-6-12(17)7-5-11/h4-7H,8-10H2,1-3H3,(H,18,21). The first-order valence-electron chi connectivity index (χ1n) is 7.48. The molecular weight excluding hydrogens is 333 g/mol. The fourth-order valence-electron chi connectivity index (χ4n) is 1.71. The van der Waals surface area contributed by atoms with Crippen LogP contribution in [0.2, 0.25) is 0 Å². The number of thioether (sulfide) groups is 1. The van der Waals surface area contributed by atoms with Crippen molar-refractivity contribution < 1.29 is 18.3 Å². The number of carbonyl (C=O) groups excluding carboxylic acids is 1. The van der Waals surface area contributed by atoms with E-state index in [9.17, 15) is 9.18 Å². The largest absolute Gasteiger partial charge is 0.444 e. The van der Waals surface area contributed by atoms with E-state index in [2.05, 4.69) is 15.5 Å². The normalized spacial score (nSPS) is 11.3. The maximum atomic E-state index is 12.8. The molecule has 0 aliphatic carbocycles. The molecule has 0 unspecified atom stereocenters. The predicted molar refractivity (Wildman–Crippen MR) is 88.2 cm³/mol. The van der Waals surface area contributed by atoms with E-state index in [4.69, 9.17) is 9.15 Å². The maximum absolute atomic E-state index is 12.8. The van der Waals surface area contributed by atoms with Crippen molar-refractivity contribution in [1.82, 2.24) is 15.5 Å². The fraction of sp³-hybridized carbons (Fsp3) is 0.438. The highest BCUT2D eigenvalue weighted by atomic mass is 32.2. The van der Waals surface area contributed by atoms with Gasteiger partial charge >= 0.3 is 6.09 Å². The Hall–Kier alpha value is -2.09. The Morgan fingerprint density at radius 1 is 1.29 bits per heavy atom. The van der Waals surface area contributed by atoms with Crippen LogP contribution in [-0.2, 0) is 16.9 Å². The molecule has 8 heteroatoms. The van der Waals surface area contributed by atoms with Gasteiger partial charge in [0.25, 0.3) is 5.22 Å². The van der Waals surface area contributed by atoms with E-state index < -0.39 is 11.7 Å². The molecule has 0 spiro atoms. The van der Waals surface area contributed by atoms with Crippen LogP contribution in [0.15, 0.2) is 33.9 Å². The van der Waals surface area contributed by atoms with E-state index in [0.29, 0.717) is 29.8 Å². The van der Waals surface area contributed by atoms with Crippen LogP contribution in [0.4, 0.5) is 9.18 Å². The van der Waals surface area contributed by atoms with Gasteiger partial charge in [0.1, 0.15) is 11.4 Å². The number of amides is 1. The molecule has 0 atom stereocenters. The van der Waals surface area contributed by atoms with Crippen LogP contribution >= 0.6 is 11.8 Å². The average Bonchev–Trinajstić information content (AvgIpc) is 2.93. The fourth-order valence-corrected chi connectivity index (χ4v) is 2.45. The molecule has 0 aliphatic rings. The molecule has 24 heavy (non-hydrogen) atoms. The topological polar surface area (TPSA) is 77.2 Å². The second-order valence-corrected chi connectivity index (χ2v) is 6.98. The average molecular weight is 353 g/mol. The first kappa shape index (κ1) is 18.3.